The van der Waals surface area contributed by atoms with Gasteiger partial charge in [0.15, 0.2) is 0 Å². The fraction of sp³-hybridized carbons (Fsp3) is 0.538. The van der Waals surface area contributed by atoms with E-state index >= 15 is 0 Å². The maximum Gasteiger partial charge on any atom is 0.433 e. The summed E-state index contributed by atoms with van der Waals surface area (Å²) >= 11 is 0. The number of anilines is 1. The Balaban J connectivity index is 3.28. The smallest absolute Gasteiger partial charge is 0.356 e. The molecule has 0 spiro atoms. The second kappa shape index (κ2) is 5.91. The van der Waals surface area contributed by atoms with E-state index in [4.69, 9.17) is 5.26 Å². The molecule has 3 nitrogen and oxygen atoms in total. The van der Waals surface area contributed by atoms with Gasteiger partial charge in [-0.3, -0.25) is 0 Å². The number of hydrogen-bond donors (Lipinski definition) is 0. The zero-order chi connectivity index (χ0) is 14.6. The van der Waals surface area contributed by atoms with Crippen molar-refractivity contribution in [3.05, 3.63) is 23.4 Å². The Morgan fingerprint density at radius 1 is 1.32 bits per heavy atom. The monoisotopic (exact) mass is 271 g/mol. The van der Waals surface area contributed by atoms with Crippen LogP contribution in [0.15, 0.2) is 12.1 Å². The molecule has 0 aromatic carbocycles. The molecule has 104 valence electrons. The molecule has 0 unspecified atom stereocenters. The van der Waals surface area contributed by atoms with Crippen molar-refractivity contribution in [2.24, 2.45) is 0 Å². The average Bonchev–Trinajstić information content (AvgIpc) is 2.38. The first-order valence-electron chi connectivity index (χ1n) is 6.06. The zero-order valence-corrected chi connectivity index (χ0v) is 11.1. The van der Waals surface area contributed by atoms with E-state index in [9.17, 15) is 13.2 Å². The zero-order valence-electron chi connectivity index (χ0n) is 11.1. The number of nitriles is 1. The number of rotatable bonds is 4. The first-order valence-corrected chi connectivity index (χ1v) is 6.06. The normalized spacial score (nSPS) is 11.5. The predicted octanol–water partition coefficient (Wildman–Crippen LogP) is 3.60. The van der Waals surface area contributed by atoms with Gasteiger partial charge in [-0.05, 0) is 25.0 Å². The highest BCUT2D eigenvalue weighted by molar-refractivity contribution is 5.54. The fourth-order valence-corrected chi connectivity index (χ4v) is 1.97. The summed E-state index contributed by atoms with van der Waals surface area (Å²) in [5, 5.41) is 8.99. The van der Waals surface area contributed by atoms with Crippen LogP contribution in [0, 0.1) is 11.3 Å². The third kappa shape index (κ3) is 3.37. The largest absolute Gasteiger partial charge is 0.433 e. The first kappa shape index (κ1) is 15.3. The van der Waals surface area contributed by atoms with Crippen molar-refractivity contribution in [2.75, 3.05) is 11.9 Å². The fourth-order valence-electron chi connectivity index (χ4n) is 1.97. The van der Waals surface area contributed by atoms with Crippen LogP contribution in [-0.2, 0) is 6.18 Å². The lowest BCUT2D eigenvalue weighted by molar-refractivity contribution is -0.141. The number of hydrogen-bond acceptors (Lipinski definition) is 3. The summed E-state index contributed by atoms with van der Waals surface area (Å²) < 4.78 is 38.0. The van der Waals surface area contributed by atoms with Crippen LogP contribution in [0.2, 0.25) is 0 Å². The van der Waals surface area contributed by atoms with Crippen LogP contribution in [0.3, 0.4) is 0 Å². The average molecular weight is 271 g/mol. The molecule has 0 aliphatic heterocycles. The van der Waals surface area contributed by atoms with Crippen molar-refractivity contribution in [2.45, 2.75) is 38.9 Å². The molecule has 1 heterocycles. The van der Waals surface area contributed by atoms with Crippen molar-refractivity contribution >= 4 is 5.82 Å². The molecule has 0 N–H and O–H groups in total. The van der Waals surface area contributed by atoms with Gasteiger partial charge in [-0.15, -0.1) is 0 Å². The van der Waals surface area contributed by atoms with E-state index in [2.05, 4.69) is 4.98 Å². The summed E-state index contributed by atoms with van der Waals surface area (Å²) in [5.41, 5.74) is -0.818. The Labute approximate surface area is 110 Å². The van der Waals surface area contributed by atoms with E-state index in [-0.39, 0.29) is 17.4 Å². The van der Waals surface area contributed by atoms with Crippen LogP contribution in [0.4, 0.5) is 19.0 Å². The van der Waals surface area contributed by atoms with Gasteiger partial charge in [0, 0.05) is 13.1 Å². The number of pyridine rings is 1. The molecule has 0 saturated heterocycles. The molecular weight excluding hydrogens is 255 g/mol. The number of alkyl halides is 3. The van der Waals surface area contributed by atoms with E-state index < -0.39 is 11.9 Å². The molecule has 0 fully saturated rings. The third-order valence-electron chi connectivity index (χ3n) is 3.11. The molecule has 0 saturated carbocycles. The predicted molar refractivity (Wildman–Crippen MR) is 66.7 cm³/mol. The minimum atomic E-state index is -4.50. The van der Waals surface area contributed by atoms with E-state index in [0.717, 1.165) is 18.9 Å². The molecule has 6 heteroatoms. The molecule has 0 aliphatic rings. The van der Waals surface area contributed by atoms with Gasteiger partial charge >= 0.3 is 6.18 Å². The number of nitrogens with zero attached hydrogens (tertiary/aromatic N) is 3. The summed E-state index contributed by atoms with van der Waals surface area (Å²) in [6.07, 6.45) is -2.96. The standard InChI is InChI=1S/C13H16F3N3/c1-4-10(5-2)19(3)12-9(8-17)6-7-11(18-12)13(14,15)16/h6-7,10H,4-5H2,1-3H3. The Bertz CT molecular complexity index is 473. The van der Waals surface area contributed by atoms with Crippen molar-refractivity contribution in [1.29, 1.82) is 5.26 Å². The molecule has 0 aliphatic carbocycles. The summed E-state index contributed by atoms with van der Waals surface area (Å²) in [6, 6.07) is 3.95. The Morgan fingerprint density at radius 2 is 1.89 bits per heavy atom. The van der Waals surface area contributed by atoms with E-state index in [1.165, 1.54) is 6.07 Å². The molecule has 1 rings (SSSR count). The number of halogens is 3. The topological polar surface area (TPSA) is 39.9 Å². The van der Waals surface area contributed by atoms with Crippen LogP contribution >= 0.6 is 0 Å². The summed E-state index contributed by atoms with van der Waals surface area (Å²) in [5.74, 6) is 0.0889. The quantitative estimate of drug-likeness (QED) is 0.840. The van der Waals surface area contributed by atoms with Crippen LogP contribution in [-0.4, -0.2) is 18.1 Å². The van der Waals surface area contributed by atoms with Crippen molar-refractivity contribution in [3.63, 3.8) is 0 Å². The van der Waals surface area contributed by atoms with E-state index in [1.54, 1.807) is 11.9 Å². The molecule has 0 radical (unpaired) electrons. The third-order valence-corrected chi connectivity index (χ3v) is 3.11. The minimum absolute atomic E-state index is 0.0584. The van der Waals surface area contributed by atoms with E-state index in [1.807, 2.05) is 19.9 Å². The number of aromatic nitrogens is 1. The lowest BCUT2D eigenvalue weighted by Gasteiger charge is -2.28. The highest BCUT2D eigenvalue weighted by atomic mass is 19.4. The Hall–Kier alpha value is -1.77. The van der Waals surface area contributed by atoms with Gasteiger partial charge in [0.1, 0.15) is 17.6 Å². The lowest BCUT2D eigenvalue weighted by atomic mass is 10.1. The van der Waals surface area contributed by atoms with Crippen LogP contribution < -0.4 is 4.90 Å². The molecule has 0 bridgehead atoms. The Kier molecular flexibility index (Phi) is 4.76. The van der Waals surface area contributed by atoms with Gasteiger partial charge in [0.25, 0.3) is 0 Å². The molecule has 19 heavy (non-hydrogen) atoms. The summed E-state index contributed by atoms with van der Waals surface area (Å²) in [4.78, 5) is 5.26. The van der Waals surface area contributed by atoms with Crippen molar-refractivity contribution in [3.8, 4) is 6.07 Å². The van der Waals surface area contributed by atoms with Gasteiger partial charge in [-0.25, -0.2) is 4.98 Å². The molecule has 0 amide bonds. The van der Waals surface area contributed by atoms with Crippen LogP contribution in [0.25, 0.3) is 0 Å². The summed E-state index contributed by atoms with van der Waals surface area (Å²) in [7, 11) is 1.67. The van der Waals surface area contributed by atoms with Crippen molar-refractivity contribution in [1.82, 2.24) is 4.98 Å². The first-order chi connectivity index (χ1) is 8.85. The maximum atomic E-state index is 12.7. The molecular formula is C13H16F3N3. The lowest BCUT2D eigenvalue weighted by Crippen LogP contribution is -2.32. The SMILES string of the molecule is CCC(CC)N(C)c1nc(C(F)(F)F)ccc1C#N. The Morgan fingerprint density at radius 3 is 2.32 bits per heavy atom. The van der Waals surface area contributed by atoms with Gasteiger partial charge < -0.3 is 4.90 Å². The van der Waals surface area contributed by atoms with Crippen molar-refractivity contribution < 1.29 is 13.2 Å². The summed E-state index contributed by atoms with van der Waals surface area (Å²) in [6.45, 7) is 3.90. The second-order valence-corrected chi connectivity index (χ2v) is 4.26. The van der Waals surface area contributed by atoms with E-state index in [0.29, 0.717) is 0 Å². The molecule has 1 aromatic rings. The molecule has 1 aromatic heterocycles. The minimum Gasteiger partial charge on any atom is -0.356 e. The maximum absolute atomic E-state index is 12.7. The van der Waals surface area contributed by atoms with Crippen LogP contribution in [0.1, 0.15) is 37.9 Å². The highest BCUT2D eigenvalue weighted by Crippen LogP contribution is 2.31. The van der Waals surface area contributed by atoms with Crippen LogP contribution in [0.5, 0.6) is 0 Å². The highest BCUT2D eigenvalue weighted by Gasteiger charge is 2.33. The van der Waals surface area contributed by atoms with Gasteiger partial charge in [-0.1, -0.05) is 13.8 Å². The second-order valence-electron chi connectivity index (χ2n) is 4.26. The van der Waals surface area contributed by atoms with Gasteiger partial charge in [-0.2, -0.15) is 18.4 Å². The molecule has 0 atom stereocenters. The van der Waals surface area contributed by atoms with Gasteiger partial charge in [0.05, 0.1) is 5.56 Å². The van der Waals surface area contributed by atoms with Gasteiger partial charge in [0.2, 0.25) is 0 Å².